The molecule has 1 saturated heterocycles. The third-order valence-corrected chi connectivity index (χ3v) is 5.01. The van der Waals surface area contributed by atoms with Gasteiger partial charge in [0.2, 0.25) is 5.91 Å². The van der Waals surface area contributed by atoms with Crippen LogP contribution in [-0.2, 0) is 16.1 Å². The van der Waals surface area contributed by atoms with Crippen LogP contribution in [0.5, 0.6) is 0 Å². The normalized spacial score (nSPS) is 14.4. The van der Waals surface area contributed by atoms with Gasteiger partial charge in [-0.1, -0.05) is 29.8 Å². The number of para-hydroxylation sites is 1. The highest BCUT2D eigenvalue weighted by molar-refractivity contribution is 6.30. The fourth-order valence-corrected chi connectivity index (χ4v) is 3.55. The number of benzene rings is 2. The van der Waals surface area contributed by atoms with Crippen LogP contribution in [0.3, 0.4) is 0 Å². The zero-order valence-corrected chi connectivity index (χ0v) is 15.8. The van der Waals surface area contributed by atoms with Crippen molar-refractivity contribution in [2.24, 2.45) is 0 Å². The summed E-state index contributed by atoms with van der Waals surface area (Å²) in [5.74, 6) is -0.188. The number of nitrogens with zero attached hydrogens (tertiary/aromatic N) is 3. The predicted molar refractivity (Wildman–Crippen MR) is 106 cm³/mol. The molecule has 1 fully saturated rings. The van der Waals surface area contributed by atoms with Gasteiger partial charge in [0.05, 0.1) is 29.8 Å². The van der Waals surface area contributed by atoms with Crippen LogP contribution in [0.1, 0.15) is 0 Å². The van der Waals surface area contributed by atoms with E-state index in [4.69, 9.17) is 16.3 Å². The quantitative estimate of drug-likeness (QED) is 0.671. The van der Waals surface area contributed by atoms with E-state index in [1.54, 1.807) is 53.4 Å². The molecule has 1 aromatic heterocycles. The number of fused-ring (bicyclic) bond motifs is 1. The van der Waals surface area contributed by atoms with Crippen molar-refractivity contribution in [2.45, 2.75) is 6.54 Å². The molecule has 0 atom stereocenters. The molecule has 8 heteroatoms. The Hall–Kier alpha value is -2.90. The number of hydrogen-bond donors (Lipinski definition) is 0. The van der Waals surface area contributed by atoms with Gasteiger partial charge in [-0.3, -0.25) is 14.2 Å². The molecule has 1 amide bonds. The van der Waals surface area contributed by atoms with E-state index in [2.05, 4.69) is 0 Å². The Kier molecular flexibility index (Phi) is 5.02. The van der Waals surface area contributed by atoms with Gasteiger partial charge in [-0.25, -0.2) is 9.36 Å². The number of hydrogen-bond acceptors (Lipinski definition) is 4. The van der Waals surface area contributed by atoms with Crippen LogP contribution in [-0.4, -0.2) is 46.2 Å². The first-order chi connectivity index (χ1) is 13.6. The lowest BCUT2D eigenvalue weighted by Crippen LogP contribution is -2.45. The predicted octanol–water partition coefficient (Wildman–Crippen LogP) is 1.66. The fraction of sp³-hybridized carbons (Fsp3) is 0.250. The Bertz CT molecular complexity index is 1160. The first kappa shape index (κ1) is 18.5. The van der Waals surface area contributed by atoms with Crippen LogP contribution < -0.4 is 11.2 Å². The highest BCUT2D eigenvalue weighted by Crippen LogP contribution is 2.14. The van der Waals surface area contributed by atoms with Gasteiger partial charge in [0.25, 0.3) is 5.56 Å². The van der Waals surface area contributed by atoms with Gasteiger partial charge in [0, 0.05) is 18.1 Å². The summed E-state index contributed by atoms with van der Waals surface area (Å²) in [5.41, 5.74) is -0.233. The standard InChI is InChI=1S/C20H18ClN3O4/c21-14-4-3-5-15(12-14)24-19(26)16-6-1-2-7-17(16)23(20(24)27)13-18(25)22-8-10-28-11-9-22/h1-7,12H,8-11,13H2. The molecular formula is C20H18ClN3O4. The number of amides is 1. The summed E-state index contributed by atoms with van der Waals surface area (Å²) in [6.45, 7) is 1.77. The van der Waals surface area contributed by atoms with Gasteiger partial charge in [-0.15, -0.1) is 0 Å². The summed E-state index contributed by atoms with van der Waals surface area (Å²) in [5, 5.41) is 0.768. The van der Waals surface area contributed by atoms with E-state index in [-0.39, 0.29) is 12.5 Å². The van der Waals surface area contributed by atoms with E-state index in [1.165, 1.54) is 4.57 Å². The monoisotopic (exact) mass is 399 g/mol. The largest absolute Gasteiger partial charge is 0.378 e. The summed E-state index contributed by atoms with van der Waals surface area (Å²) in [7, 11) is 0. The van der Waals surface area contributed by atoms with Crippen LogP contribution in [0.4, 0.5) is 0 Å². The minimum atomic E-state index is -0.576. The van der Waals surface area contributed by atoms with Gasteiger partial charge in [-0.05, 0) is 30.3 Å². The number of ether oxygens (including phenoxy) is 1. The maximum absolute atomic E-state index is 13.2. The van der Waals surface area contributed by atoms with Crippen molar-refractivity contribution in [3.05, 3.63) is 74.4 Å². The van der Waals surface area contributed by atoms with Crippen LogP contribution in [0, 0.1) is 0 Å². The second-order valence-corrected chi connectivity index (χ2v) is 6.94. The number of carbonyl (C=O) groups excluding carboxylic acids is 1. The number of rotatable bonds is 3. The Morgan fingerprint density at radius 2 is 1.79 bits per heavy atom. The molecule has 4 rings (SSSR count). The summed E-state index contributed by atoms with van der Waals surface area (Å²) in [6, 6.07) is 13.3. The highest BCUT2D eigenvalue weighted by atomic mass is 35.5. The smallest absolute Gasteiger partial charge is 0.336 e. The summed E-state index contributed by atoms with van der Waals surface area (Å²) in [6.07, 6.45) is 0. The van der Waals surface area contributed by atoms with Crippen molar-refractivity contribution in [1.82, 2.24) is 14.0 Å². The van der Waals surface area contributed by atoms with Crippen molar-refractivity contribution < 1.29 is 9.53 Å². The maximum atomic E-state index is 13.2. The van der Waals surface area contributed by atoms with Crippen LogP contribution >= 0.6 is 11.6 Å². The zero-order valence-electron chi connectivity index (χ0n) is 15.0. The van der Waals surface area contributed by atoms with Crippen LogP contribution in [0.15, 0.2) is 58.1 Å². The number of carbonyl (C=O) groups is 1. The SMILES string of the molecule is O=C(Cn1c(=O)n(-c2cccc(Cl)c2)c(=O)c2ccccc21)N1CCOCC1. The van der Waals surface area contributed by atoms with Crippen molar-refractivity contribution in [2.75, 3.05) is 26.3 Å². The lowest BCUT2D eigenvalue weighted by atomic mass is 10.2. The summed E-state index contributed by atoms with van der Waals surface area (Å²) >= 11 is 6.05. The van der Waals surface area contributed by atoms with Crippen LogP contribution in [0.25, 0.3) is 16.6 Å². The third kappa shape index (κ3) is 3.34. The number of morpholine rings is 1. The second kappa shape index (κ2) is 7.61. The minimum absolute atomic E-state index is 0.153. The first-order valence-corrected chi connectivity index (χ1v) is 9.30. The van der Waals surface area contributed by atoms with Crippen LogP contribution in [0.2, 0.25) is 5.02 Å². The van der Waals surface area contributed by atoms with Gasteiger partial charge in [0.1, 0.15) is 6.54 Å². The Balaban J connectivity index is 1.89. The van der Waals surface area contributed by atoms with E-state index in [0.29, 0.717) is 47.9 Å². The molecule has 0 bridgehead atoms. The highest BCUT2D eigenvalue weighted by Gasteiger charge is 2.21. The van der Waals surface area contributed by atoms with E-state index < -0.39 is 11.2 Å². The molecule has 1 aliphatic rings. The molecule has 0 spiro atoms. The average Bonchev–Trinajstić information content (AvgIpc) is 2.72. The van der Waals surface area contributed by atoms with E-state index >= 15 is 0 Å². The van der Waals surface area contributed by atoms with Gasteiger partial charge in [0.15, 0.2) is 0 Å². The molecule has 0 radical (unpaired) electrons. The molecule has 0 N–H and O–H groups in total. The molecule has 7 nitrogen and oxygen atoms in total. The molecular weight excluding hydrogens is 382 g/mol. The van der Waals surface area contributed by atoms with E-state index in [0.717, 1.165) is 4.57 Å². The van der Waals surface area contributed by atoms with Crippen molar-refractivity contribution in [1.29, 1.82) is 0 Å². The molecule has 2 heterocycles. The lowest BCUT2D eigenvalue weighted by Gasteiger charge is -2.27. The summed E-state index contributed by atoms with van der Waals surface area (Å²) in [4.78, 5) is 40.6. The molecule has 0 saturated carbocycles. The number of aromatic nitrogens is 2. The fourth-order valence-electron chi connectivity index (χ4n) is 3.36. The Labute approximate surface area is 165 Å². The van der Waals surface area contributed by atoms with Crippen molar-refractivity contribution in [3.8, 4) is 5.69 Å². The van der Waals surface area contributed by atoms with Gasteiger partial charge in [-0.2, -0.15) is 0 Å². The molecule has 1 aliphatic heterocycles. The maximum Gasteiger partial charge on any atom is 0.336 e. The van der Waals surface area contributed by atoms with E-state index in [1.807, 2.05) is 0 Å². The van der Waals surface area contributed by atoms with Gasteiger partial charge >= 0.3 is 5.69 Å². The molecule has 28 heavy (non-hydrogen) atoms. The third-order valence-electron chi connectivity index (χ3n) is 4.77. The minimum Gasteiger partial charge on any atom is -0.378 e. The van der Waals surface area contributed by atoms with Crippen molar-refractivity contribution in [3.63, 3.8) is 0 Å². The molecule has 0 unspecified atom stereocenters. The molecule has 144 valence electrons. The lowest BCUT2D eigenvalue weighted by molar-refractivity contribution is -0.135. The Morgan fingerprint density at radius 3 is 2.54 bits per heavy atom. The van der Waals surface area contributed by atoms with Crippen molar-refractivity contribution >= 4 is 28.4 Å². The first-order valence-electron chi connectivity index (χ1n) is 8.92. The zero-order chi connectivity index (χ0) is 19.7. The Morgan fingerprint density at radius 1 is 1.04 bits per heavy atom. The molecule has 0 aliphatic carbocycles. The van der Waals surface area contributed by atoms with Gasteiger partial charge < -0.3 is 9.64 Å². The average molecular weight is 400 g/mol. The van der Waals surface area contributed by atoms with E-state index in [9.17, 15) is 14.4 Å². The second-order valence-electron chi connectivity index (χ2n) is 6.50. The number of halogens is 1. The molecule has 2 aromatic carbocycles. The molecule has 3 aromatic rings. The topological polar surface area (TPSA) is 73.5 Å². The summed E-state index contributed by atoms with van der Waals surface area (Å²) < 4.78 is 7.68.